The lowest BCUT2D eigenvalue weighted by Gasteiger charge is -2.12. The molecule has 0 unspecified atom stereocenters. The molecule has 0 saturated carbocycles. The standard InChI is InChI=1S/2C4H11NO/c1-5(2)3-4-6;1-4(2,5)3-6/h6H,3-4H2,1-2H3;6H,3,5H2,1-2H3. The molecule has 0 aliphatic rings. The van der Waals surface area contributed by atoms with E-state index in [1.165, 1.54) is 0 Å². The highest BCUT2D eigenvalue weighted by atomic mass is 16.3. The minimum atomic E-state index is -0.403. The normalized spacial score (nSPS) is 11.0. The first-order chi connectivity index (χ1) is 5.33. The van der Waals surface area contributed by atoms with Crippen LogP contribution in [0.4, 0.5) is 0 Å². The summed E-state index contributed by atoms with van der Waals surface area (Å²) < 4.78 is 0. The van der Waals surface area contributed by atoms with Gasteiger partial charge in [-0.1, -0.05) is 0 Å². The molecule has 4 nitrogen and oxygen atoms in total. The van der Waals surface area contributed by atoms with E-state index in [4.69, 9.17) is 15.9 Å². The van der Waals surface area contributed by atoms with Gasteiger partial charge in [0.2, 0.25) is 0 Å². The summed E-state index contributed by atoms with van der Waals surface area (Å²) in [6.45, 7) is 4.61. The second-order valence-electron chi connectivity index (χ2n) is 3.67. The van der Waals surface area contributed by atoms with Crippen molar-refractivity contribution in [3.8, 4) is 0 Å². The molecule has 0 amide bonds. The SMILES string of the molecule is CC(C)(N)CO.CN(C)CCO. The van der Waals surface area contributed by atoms with Gasteiger partial charge >= 0.3 is 0 Å². The maximum atomic E-state index is 8.28. The van der Waals surface area contributed by atoms with Crippen LogP contribution in [0.25, 0.3) is 0 Å². The van der Waals surface area contributed by atoms with Gasteiger partial charge in [0, 0.05) is 12.1 Å². The third-order valence-electron chi connectivity index (χ3n) is 0.955. The van der Waals surface area contributed by atoms with Gasteiger partial charge in [-0.3, -0.25) is 0 Å². The molecule has 0 rings (SSSR count). The van der Waals surface area contributed by atoms with Crippen LogP contribution in [-0.2, 0) is 0 Å². The summed E-state index contributed by atoms with van der Waals surface area (Å²) in [6, 6.07) is 0. The zero-order valence-corrected chi connectivity index (χ0v) is 8.54. The fourth-order valence-corrected chi connectivity index (χ4v) is 0.200. The summed E-state index contributed by atoms with van der Waals surface area (Å²) >= 11 is 0. The topological polar surface area (TPSA) is 69.7 Å². The Bertz CT molecular complexity index is 89.5. The van der Waals surface area contributed by atoms with Crippen LogP contribution >= 0.6 is 0 Å². The predicted octanol–water partition coefficient (Wildman–Crippen LogP) is -0.744. The van der Waals surface area contributed by atoms with Crippen molar-refractivity contribution in [3.63, 3.8) is 0 Å². The molecule has 0 heterocycles. The molecule has 0 radical (unpaired) electrons. The first kappa shape index (κ1) is 14.4. The largest absolute Gasteiger partial charge is 0.395 e. The Labute approximate surface area is 75.0 Å². The molecule has 0 aliphatic carbocycles. The number of nitrogens with zero attached hydrogens (tertiary/aromatic N) is 1. The number of nitrogens with two attached hydrogens (primary N) is 1. The van der Waals surface area contributed by atoms with Crippen LogP contribution in [0.3, 0.4) is 0 Å². The second kappa shape index (κ2) is 7.49. The van der Waals surface area contributed by atoms with Crippen LogP contribution in [0.2, 0.25) is 0 Å². The van der Waals surface area contributed by atoms with Crippen molar-refractivity contribution in [3.05, 3.63) is 0 Å². The van der Waals surface area contributed by atoms with Crippen molar-refractivity contribution in [1.82, 2.24) is 4.90 Å². The number of rotatable bonds is 3. The average molecular weight is 178 g/mol. The van der Waals surface area contributed by atoms with Crippen molar-refractivity contribution < 1.29 is 10.2 Å². The summed E-state index contributed by atoms with van der Waals surface area (Å²) in [6.07, 6.45) is 0. The maximum Gasteiger partial charge on any atom is 0.0605 e. The van der Waals surface area contributed by atoms with Crippen molar-refractivity contribution in [2.75, 3.05) is 33.9 Å². The molecule has 12 heavy (non-hydrogen) atoms. The van der Waals surface area contributed by atoms with Crippen molar-refractivity contribution in [2.24, 2.45) is 5.73 Å². The minimum Gasteiger partial charge on any atom is -0.395 e. The number of hydrogen-bond donors (Lipinski definition) is 3. The Morgan fingerprint density at radius 2 is 1.58 bits per heavy atom. The lowest BCUT2D eigenvalue weighted by molar-refractivity contribution is 0.221. The molecule has 0 spiro atoms. The third-order valence-corrected chi connectivity index (χ3v) is 0.955. The Morgan fingerprint density at radius 1 is 1.25 bits per heavy atom. The van der Waals surface area contributed by atoms with Gasteiger partial charge in [0.15, 0.2) is 0 Å². The molecule has 0 aliphatic heterocycles. The molecule has 0 atom stereocenters. The number of likely N-dealkylation sites (N-methyl/N-ethyl adjacent to an activating group) is 1. The Hall–Kier alpha value is -0.160. The molecule has 0 bridgehead atoms. The molecule has 4 N–H and O–H groups in total. The van der Waals surface area contributed by atoms with E-state index >= 15 is 0 Å². The van der Waals surface area contributed by atoms with E-state index in [2.05, 4.69) is 0 Å². The fourth-order valence-electron chi connectivity index (χ4n) is 0.200. The molecule has 4 heteroatoms. The maximum absolute atomic E-state index is 8.28. The Morgan fingerprint density at radius 3 is 1.58 bits per heavy atom. The van der Waals surface area contributed by atoms with Gasteiger partial charge in [0.05, 0.1) is 13.2 Å². The molecule has 0 saturated heterocycles. The zero-order chi connectivity index (χ0) is 10.2. The molecule has 0 aromatic carbocycles. The van der Waals surface area contributed by atoms with Crippen molar-refractivity contribution in [2.45, 2.75) is 19.4 Å². The molecule has 0 fully saturated rings. The molecular formula is C8H22N2O2. The second-order valence-corrected chi connectivity index (χ2v) is 3.67. The summed E-state index contributed by atoms with van der Waals surface area (Å²) in [5, 5.41) is 16.5. The smallest absolute Gasteiger partial charge is 0.0605 e. The quantitative estimate of drug-likeness (QED) is 0.532. The van der Waals surface area contributed by atoms with Crippen LogP contribution in [-0.4, -0.2) is 54.5 Å². The van der Waals surface area contributed by atoms with E-state index in [9.17, 15) is 0 Å². The third kappa shape index (κ3) is 22.5. The highest BCUT2D eigenvalue weighted by Gasteiger charge is 2.05. The first-order valence-corrected chi connectivity index (χ1v) is 3.99. The van der Waals surface area contributed by atoms with Gasteiger partial charge in [0.1, 0.15) is 0 Å². The zero-order valence-electron chi connectivity index (χ0n) is 8.54. The Kier molecular flexibility index (Phi) is 8.97. The average Bonchev–Trinajstić information content (AvgIpc) is 1.87. The first-order valence-electron chi connectivity index (χ1n) is 3.99. The summed E-state index contributed by atoms with van der Waals surface area (Å²) in [5.41, 5.74) is 4.88. The molecule has 0 aromatic heterocycles. The minimum absolute atomic E-state index is 0.0486. The van der Waals surface area contributed by atoms with Gasteiger partial charge in [-0.2, -0.15) is 0 Å². The molecule has 0 aromatic rings. The lowest BCUT2D eigenvalue weighted by atomic mass is 10.1. The van der Waals surface area contributed by atoms with Crippen LogP contribution in [0.1, 0.15) is 13.8 Å². The van der Waals surface area contributed by atoms with Gasteiger partial charge in [-0.15, -0.1) is 0 Å². The number of aliphatic hydroxyl groups excluding tert-OH is 2. The van der Waals surface area contributed by atoms with Crippen molar-refractivity contribution in [1.29, 1.82) is 0 Å². The summed E-state index contributed by atoms with van der Waals surface area (Å²) in [5.74, 6) is 0. The van der Waals surface area contributed by atoms with E-state index in [0.717, 1.165) is 6.54 Å². The highest BCUT2D eigenvalue weighted by molar-refractivity contribution is 4.67. The van der Waals surface area contributed by atoms with E-state index in [0.29, 0.717) is 0 Å². The highest BCUT2D eigenvalue weighted by Crippen LogP contribution is 1.89. The van der Waals surface area contributed by atoms with Crippen LogP contribution < -0.4 is 5.73 Å². The van der Waals surface area contributed by atoms with Gasteiger partial charge in [-0.25, -0.2) is 0 Å². The van der Waals surface area contributed by atoms with Gasteiger partial charge in [-0.05, 0) is 27.9 Å². The fraction of sp³-hybridized carbons (Fsp3) is 1.00. The van der Waals surface area contributed by atoms with Gasteiger partial charge in [0.25, 0.3) is 0 Å². The van der Waals surface area contributed by atoms with Crippen LogP contribution in [0.15, 0.2) is 0 Å². The molecule has 76 valence electrons. The monoisotopic (exact) mass is 178 g/mol. The van der Waals surface area contributed by atoms with E-state index in [1.54, 1.807) is 13.8 Å². The van der Waals surface area contributed by atoms with Crippen LogP contribution in [0, 0.1) is 0 Å². The Balaban J connectivity index is 0. The number of hydrogen-bond acceptors (Lipinski definition) is 4. The van der Waals surface area contributed by atoms with E-state index < -0.39 is 5.54 Å². The summed E-state index contributed by atoms with van der Waals surface area (Å²) in [7, 11) is 3.85. The van der Waals surface area contributed by atoms with E-state index in [-0.39, 0.29) is 13.2 Å². The van der Waals surface area contributed by atoms with Gasteiger partial charge < -0.3 is 20.8 Å². The predicted molar refractivity (Wildman–Crippen MR) is 51.0 cm³/mol. The van der Waals surface area contributed by atoms with Crippen LogP contribution in [0.5, 0.6) is 0 Å². The molecular weight excluding hydrogens is 156 g/mol. The van der Waals surface area contributed by atoms with Crippen molar-refractivity contribution >= 4 is 0 Å². The van der Waals surface area contributed by atoms with E-state index in [1.807, 2.05) is 19.0 Å². The summed E-state index contributed by atoms with van der Waals surface area (Å²) in [4.78, 5) is 1.93. The lowest BCUT2D eigenvalue weighted by Crippen LogP contribution is -2.35. The number of aliphatic hydroxyl groups is 2.